The van der Waals surface area contributed by atoms with Gasteiger partial charge in [0.2, 0.25) is 0 Å². The van der Waals surface area contributed by atoms with Gasteiger partial charge in [-0.05, 0) is 72.2 Å². The molecule has 0 spiro atoms. The molecule has 4 nitrogen and oxygen atoms in total. The van der Waals surface area contributed by atoms with Gasteiger partial charge in [-0.1, -0.05) is 107 Å². The third-order valence-corrected chi connectivity index (χ3v) is 7.26. The zero-order chi connectivity index (χ0) is 27.6. The monoisotopic (exact) mass is 584 g/mol. The van der Waals surface area contributed by atoms with Gasteiger partial charge in [0.1, 0.15) is 0 Å². The van der Waals surface area contributed by atoms with E-state index in [9.17, 15) is 9.59 Å². The molecule has 0 radical (unpaired) electrons. The SMILES string of the molecule is CCOC(=O)C(C(=O)OCC)C(Cc1ccccc1)c1ccc(Cc2ccc(-c3ccc(Br)cc3)cc2)cc1. The first-order valence-electron chi connectivity index (χ1n) is 13.3. The summed E-state index contributed by atoms with van der Waals surface area (Å²) in [5.74, 6) is -2.55. The average molecular weight is 586 g/mol. The molecule has 1 atom stereocenters. The van der Waals surface area contributed by atoms with Crippen molar-refractivity contribution in [2.24, 2.45) is 5.92 Å². The quantitative estimate of drug-likeness (QED) is 0.133. The van der Waals surface area contributed by atoms with E-state index in [1.807, 2.05) is 54.6 Å². The number of rotatable bonds is 11. The Morgan fingerprint density at radius 3 is 1.64 bits per heavy atom. The third-order valence-electron chi connectivity index (χ3n) is 6.73. The van der Waals surface area contributed by atoms with Crippen molar-refractivity contribution in [3.05, 3.63) is 130 Å². The molecule has 0 fully saturated rings. The van der Waals surface area contributed by atoms with E-state index in [1.54, 1.807) is 13.8 Å². The van der Waals surface area contributed by atoms with E-state index in [4.69, 9.17) is 9.47 Å². The van der Waals surface area contributed by atoms with Crippen LogP contribution in [0, 0.1) is 5.92 Å². The highest BCUT2D eigenvalue weighted by Gasteiger charge is 2.38. The first kappa shape index (κ1) is 28.3. The molecule has 1 unspecified atom stereocenters. The summed E-state index contributed by atoms with van der Waals surface area (Å²) in [6.45, 7) is 3.89. The van der Waals surface area contributed by atoms with Crippen LogP contribution in [0.25, 0.3) is 11.1 Å². The molecular formula is C34H33BrO4. The van der Waals surface area contributed by atoms with Crippen molar-refractivity contribution in [1.82, 2.24) is 0 Å². The van der Waals surface area contributed by atoms with E-state index in [0.717, 1.165) is 27.6 Å². The molecule has 0 aliphatic heterocycles. The van der Waals surface area contributed by atoms with E-state index >= 15 is 0 Å². The van der Waals surface area contributed by atoms with Gasteiger partial charge in [0.25, 0.3) is 0 Å². The van der Waals surface area contributed by atoms with Crippen LogP contribution in [0.3, 0.4) is 0 Å². The Morgan fingerprint density at radius 1 is 0.641 bits per heavy atom. The van der Waals surface area contributed by atoms with Crippen LogP contribution >= 0.6 is 15.9 Å². The van der Waals surface area contributed by atoms with Gasteiger partial charge >= 0.3 is 11.9 Å². The zero-order valence-corrected chi connectivity index (χ0v) is 23.9. The Labute approximate surface area is 239 Å². The molecule has 4 aromatic rings. The van der Waals surface area contributed by atoms with Crippen LogP contribution in [0.15, 0.2) is 108 Å². The van der Waals surface area contributed by atoms with Crippen molar-refractivity contribution in [2.45, 2.75) is 32.6 Å². The van der Waals surface area contributed by atoms with E-state index < -0.39 is 23.8 Å². The summed E-state index contributed by atoms with van der Waals surface area (Å²) >= 11 is 3.49. The van der Waals surface area contributed by atoms with E-state index in [-0.39, 0.29) is 13.2 Å². The molecular weight excluding hydrogens is 552 g/mol. The lowest BCUT2D eigenvalue weighted by Gasteiger charge is -2.25. The van der Waals surface area contributed by atoms with Crippen molar-refractivity contribution < 1.29 is 19.1 Å². The summed E-state index contributed by atoms with van der Waals surface area (Å²) < 4.78 is 11.7. The van der Waals surface area contributed by atoms with Crippen molar-refractivity contribution in [3.8, 4) is 11.1 Å². The van der Waals surface area contributed by atoms with Gasteiger partial charge in [-0.2, -0.15) is 0 Å². The van der Waals surface area contributed by atoms with Crippen molar-refractivity contribution in [1.29, 1.82) is 0 Å². The summed E-state index contributed by atoms with van der Waals surface area (Å²) in [7, 11) is 0. The highest BCUT2D eigenvalue weighted by Crippen LogP contribution is 2.32. The maximum Gasteiger partial charge on any atom is 0.320 e. The first-order valence-corrected chi connectivity index (χ1v) is 14.1. The normalized spacial score (nSPS) is 11.7. The second-order valence-electron chi connectivity index (χ2n) is 9.40. The highest BCUT2D eigenvalue weighted by atomic mass is 79.9. The van der Waals surface area contributed by atoms with Crippen LogP contribution in [0.5, 0.6) is 0 Å². The topological polar surface area (TPSA) is 52.6 Å². The smallest absolute Gasteiger partial charge is 0.320 e. The summed E-state index contributed by atoms with van der Waals surface area (Å²) in [4.78, 5) is 26.0. The van der Waals surface area contributed by atoms with Gasteiger partial charge in [-0.15, -0.1) is 0 Å². The number of esters is 2. The summed E-state index contributed by atoms with van der Waals surface area (Å²) in [6, 6.07) is 35.0. The molecule has 0 heterocycles. The van der Waals surface area contributed by atoms with Gasteiger partial charge in [0, 0.05) is 10.4 Å². The lowest BCUT2D eigenvalue weighted by Crippen LogP contribution is -2.34. The number of benzene rings is 4. The maximum absolute atomic E-state index is 13.0. The molecule has 0 saturated carbocycles. The molecule has 0 saturated heterocycles. The Balaban J connectivity index is 1.56. The maximum atomic E-state index is 13.0. The zero-order valence-electron chi connectivity index (χ0n) is 22.3. The minimum atomic E-state index is -1.04. The Morgan fingerprint density at radius 2 is 1.13 bits per heavy atom. The molecule has 0 amide bonds. The van der Waals surface area contributed by atoms with Crippen molar-refractivity contribution >= 4 is 27.9 Å². The van der Waals surface area contributed by atoms with Crippen LogP contribution in [0.1, 0.15) is 42.0 Å². The lowest BCUT2D eigenvalue weighted by atomic mass is 9.81. The predicted octanol–water partition coefficient (Wildman–Crippen LogP) is 7.78. The molecule has 4 rings (SSSR count). The summed E-state index contributed by atoms with van der Waals surface area (Å²) in [5, 5.41) is 0. The van der Waals surface area contributed by atoms with E-state index in [2.05, 4.69) is 64.5 Å². The molecule has 0 aliphatic carbocycles. The van der Waals surface area contributed by atoms with E-state index in [0.29, 0.717) is 6.42 Å². The Bertz CT molecular complexity index is 1330. The van der Waals surface area contributed by atoms with Crippen LogP contribution in [-0.2, 0) is 31.9 Å². The van der Waals surface area contributed by atoms with Crippen LogP contribution < -0.4 is 0 Å². The number of hydrogen-bond acceptors (Lipinski definition) is 4. The number of ether oxygens (including phenoxy) is 2. The van der Waals surface area contributed by atoms with E-state index in [1.165, 1.54) is 16.7 Å². The fourth-order valence-electron chi connectivity index (χ4n) is 4.76. The standard InChI is InChI=1S/C34H33BrO4/c1-3-38-33(36)32(34(37)39-4-2)31(23-24-8-6-5-7-9-24)29-16-12-26(13-17-29)22-25-10-14-27(15-11-25)28-18-20-30(35)21-19-28/h5-21,31-32H,3-4,22-23H2,1-2H3. The van der Waals surface area contributed by atoms with Crippen LogP contribution in [0.4, 0.5) is 0 Å². The van der Waals surface area contributed by atoms with Crippen LogP contribution in [0.2, 0.25) is 0 Å². The van der Waals surface area contributed by atoms with Crippen LogP contribution in [-0.4, -0.2) is 25.2 Å². The highest BCUT2D eigenvalue weighted by molar-refractivity contribution is 9.10. The number of hydrogen-bond donors (Lipinski definition) is 0. The van der Waals surface area contributed by atoms with Crippen molar-refractivity contribution in [3.63, 3.8) is 0 Å². The molecule has 4 aromatic carbocycles. The third kappa shape index (κ3) is 7.67. The molecule has 39 heavy (non-hydrogen) atoms. The molecule has 200 valence electrons. The van der Waals surface area contributed by atoms with Gasteiger partial charge in [-0.3, -0.25) is 9.59 Å². The number of carbonyl (C=O) groups excluding carboxylic acids is 2. The molecule has 0 N–H and O–H groups in total. The van der Waals surface area contributed by atoms with Crippen molar-refractivity contribution in [2.75, 3.05) is 13.2 Å². The lowest BCUT2D eigenvalue weighted by molar-refractivity contribution is -0.162. The van der Waals surface area contributed by atoms with Gasteiger partial charge < -0.3 is 9.47 Å². The summed E-state index contributed by atoms with van der Waals surface area (Å²) in [5.41, 5.74) is 6.65. The fourth-order valence-corrected chi connectivity index (χ4v) is 5.03. The Hall–Kier alpha value is -3.70. The minimum absolute atomic E-state index is 0.201. The molecule has 0 bridgehead atoms. The van der Waals surface area contributed by atoms with Gasteiger partial charge in [0.05, 0.1) is 13.2 Å². The fraction of sp³-hybridized carbons (Fsp3) is 0.235. The Kier molecular flexibility index (Phi) is 10.1. The first-order chi connectivity index (χ1) is 19.0. The van der Waals surface area contributed by atoms with Gasteiger partial charge in [-0.25, -0.2) is 0 Å². The second kappa shape index (κ2) is 13.9. The molecule has 0 aromatic heterocycles. The molecule has 5 heteroatoms. The number of carbonyl (C=O) groups is 2. The van der Waals surface area contributed by atoms with Gasteiger partial charge in [0.15, 0.2) is 5.92 Å². The average Bonchev–Trinajstić information content (AvgIpc) is 2.95. The minimum Gasteiger partial charge on any atom is -0.465 e. The largest absolute Gasteiger partial charge is 0.465 e. The second-order valence-corrected chi connectivity index (χ2v) is 10.3. The molecule has 0 aliphatic rings. The summed E-state index contributed by atoms with van der Waals surface area (Å²) in [6.07, 6.45) is 1.30. The number of halogens is 1. The predicted molar refractivity (Wildman–Crippen MR) is 158 cm³/mol.